The number of aliphatic imine (C=N–C) groups is 1. The highest BCUT2D eigenvalue weighted by Crippen LogP contribution is 2.22. The van der Waals surface area contributed by atoms with Crippen LogP contribution in [0.25, 0.3) is 0 Å². The summed E-state index contributed by atoms with van der Waals surface area (Å²) in [4.78, 5) is 16.1. The van der Waals surface area contributed by atoms with E-state index in [0.29, 0.717) is 29.8 Å². The standard InChI is InChI=1S/C19H23ClN4O.HI/c1-14-7-8-17(16(20)13-14)24-18(25)10-12-23-19(21)22-11-9-15-5-3-2-4-6-15;/h2-8,13H,9-12H2,1H3,(H,24,25)(H3,21,22,23);1H. The number of anilines is 1. The molecule has 140 valence electrons. The molecular formula is C19H24ClIN4O. The molecule has 0 heterocycles. The molecule has 1 amide bonds. The Kier molecular flexibility index (Phi) is 10.0. The number of nitrogens with zero attached hydrogens (tertiary/aromatic N) is 1. The second-order valence-electron chi connectivity index (χ2n) is 5.71. The van der Waals surface area contributed by atoms with Gasteiger partial charge in [0.25, 0.3) is 0 Å². The first-order chi connectivity index (χ1) is 12.0. The van der Waals surface area contributed by atoms with E-state index in [9.17, 15) is 4.79 Å². The zero-order valence-corrected chi connectivity index (χ0v) is 17.8. The summed E-state index contributed by atoms with van der Waals surface area (Å²) in [6.07, 6.45) is 1.11. The van der Waals surface area contributed by atoms with Crippen LogP contribution < -0.4 is 16.4 Å². The number of hydrogen-bond donors (Lipinski definition) is 3. The van der Waals surface area contributed by atoms with Gasteiger partial charge in [-0.3, -0.25) is 9.79 Å². The monoisotopic (exact) mass is 486 g/mol. The minimum Gasteiger partial charge on any atom is -0.370 e. The second kappa shape index (κ2) is 11.7. The maximum atomic E-state index is 11.9. The average molecular weight is 487 g/mol. The van der Waals surface area contributed by atoms with E-state index in [-0.39, 0.29) is 36.3 Å². The van der Waals surface area contributed by atoms with E-state index in [0.717, 1.165) is 12.0 Å². The van der Waals surface area contributed by atoms with Gasteiger partial charge in [0.15, 0.2) is 5.96 Å². The van der Waals surface area contributed by atoms with Crippen molar-refractivity contribution in [3.8, 4) is 0 Å². The topological polar surface area (TPSA) is 79.5 Å². The Balaban J connectivity index is 0.00000338. The van der Waals surface area contributed by atoms with Crippen LogP contribution >= 0.6 is 35.6 Å². The molecule has 0 aromatic heterocycles. The molecule has 0 unspecified atom stereocenters. The maximum absolute atomic E-state index is 11.9. The molecule has 0 bridgehead atoms. The Labute approximate surface area is 176 Å². The number of halogens is 2. The Bertz CT molecular complexity index is 738. The lowest BCUT2D eigenvalue weighted by molar-refractivity contribution is -0.116. The van der Waals surface area contributed by atoms with Crippen molar-refractivity contribution >= 4 is 53.1 Å². The third kappa shape index (κ3) is 8.05. The number of rotatable bonds is 7. The lowest BCUT2D eigenvalue weighted by atomic mass is 10.1. The van der Waals surface area contributed by atoms with Crippen molar-refractivity contribution in [1.29, 1.82) is 0 Å². The summed E-state index contributed by atoms with van der Waals surface area (Å²) < 4.78 is 0. The molecule has 0 aliphatic carbocycles. The number of amides is 1. The van der Waals surface area contributed by atoms with E-state index < -0.39 is 0 Å². The van der Waals surface area contributed by atoms with Gasteiger partial charge in [-0.15, -0.1) is 24.0 Å². The van der Waals surface area contributed by atoms with Crippen molar-refractivity contribution < 1.29 is 4.79 Å². The normalized spacial score (nSPS) is 10.8. The Morgan fingerprint density at radius 1 is 1.19 bits per heavy atom. The van der Waals surface area contributed by atoms with Gasteiger partial charge in [0.2, 0.25) is 5.91 Å². The fourth-order valence-electron chi connectivity index (χ4n) is 2.25. The van der Waals surface area contributed by atoms with Crippen molar-refractivity contribution in [3.63, 3.8) is 0 Å². The molecule has 2 rings (SSSR count). The fraction of sp³-hybridized carbons (Fsp3) is 0.263. The van der Waals surface area contributed by atoms with E-state index in [1.165, 1.54) is 5.56 Å². The Morgan fingerprint density at radius 2 is 1.92 bits per heavy atom. The summed E-state index contributed by atoms with van der Waals surface area (Å²) >= 11 is 6.09. The van der Waals surface area contributed by atoms with Gasteiger partial charge < -0.3 is 16.4 Å². The SMILES string of the molecule is Cc1ccc(NC(=O)CCN=C(N)NCCc2ccccc2)c(Cl)c1.I. The van der Waals surface area contributed by atoms with Crippen LogP contribution in [0.1, 0.15) is 17.5 Å². The van der Waals surface area contributed by atoms with Crippen LogP contribution in [0.5, 0.6) is 0 Å². The van der Waals surface area contributed by atoms with Crippen molar-refractivity contribution in [3.05, 3.63) is 64.7 Å². The van der Waals surface area contributed by atoms with Crippen LogP contribution in [0.4, 0.5) is 5.69 Å². The molecule has 7 heteroatoms. The van der Waals surface area contributed by atoms with Crippen LogP contribution in [0.3, 0.4) is 0 Å². The van der Waals surface area contributed by atoms with Gasteiger partial charge in [0.05, 0.1) is 17.3 Å². The largest absolute Gasteiger partial charge is 0.370 e. The first-order valence-electron chi connectivity index (χ1n) is 8.18. The third-order valence-corrected chi connectivity index (χ3v) is 3.90. The summed E-state index contributed by atoms with van der Waals surface area (Å²) in [6, 6.07) is 15.6. The van der Waals surface area contributed by atoms with Gasteiger partial charge in [-0.25, -0.2) is 0 Å². The first kappa shape index (κ1) is 22.2. The summed E-state index contributed by atoms with van der Waals surface area (Å²) in [5, 5.41) is 6.35. The van der Waals surface area contributed by atoms with Crippen LogP contribution in [0, 0.1) is 6.92 Å². The number of carbonyl (C=O) groups excluding carboxylic acids is 1. The highest BCUT2D eigenvalue weighted by Gasteiger charge is 2.05. The molecule has 0 aliphatic rings. The summed E-state index contributed by atoms with van der Waals surface area (Å²) in [5.74, 6) is 0.198. The number of nitrogens with two attached hydrogens (primary N) is 1. The lowest BCUT2D eigenvalue weighted by Crippen LogP contribution is -2.33. The van der Waals surface area contributed by atoms with E-state index >= 15 is 0 Å². The summed E-state index contributed by atoms with van der Waals surface area (Å²) in [7, 11) is 0. The van der Waals surface area contributed by atoms with Crippen molar-refractivity contribution in [1.82, 2.24) is 5.32 Å². The predicted molar refractivity (Wildman–Crippen MR) is 119 cm³/mol. The quantitative estimate of drug-likeness (QED) is 0.317. The van der Waals surface area contributed by atoms with Crippen molar-refractivity contribution in [2.75, 3.05) is 18.4 Å². The Hall–Kier alpha value is -1.80. The predicted octanol–water partition coefficient (Wildman–Crippen LogP) is 3.74. The maximum Gasteiger partial charge on any atom is 0.226 e. The van der Waals surface area contributed by atoms with Gasteiger partial charge in [-0.05, 0) is 36.6 Å². The average Bonchev–Trinajstić information content (AvgIpc) is 2.58. The third-order valence-electron chi connectivity index (χ3n) is 3.58. The van der Waals surface area contributed by atoms with E-state index in [2.05, 4.69) is 27.8 Å². The zero-order valence-electron chi connectivity index (χ0n) is 14.7. The van der Waals surface area contributed by atoms with Crippen LogP contribution in [0.15, 0.2) is 53.5 Å². The molecule has 5 nitrogen and oxygen atoms in total. The minimum atomic E-state index is -0.147. The molecule has 0 atom stereocenters. The molecule has 0 saturated heterocycles. The Morgan fingerprint density at radius 3 is 2.62 bits per heavy atom. The molecule has 0 radical (unpaired) electrons. The van der Waals surface area contributed by atoms with Crippen molar-refractivity contribution in [2.45, 2.75) is 19.8 Å². The van der Waals surface area contributed by atoms with Crippen LogP contribution in [-0.2, 0) is 11.2 Å². The smallest absolute Gasteiger partial charge is 0.226 e. The van der Waals surface area contributed by atoms with Gasteiger partial charge in [0.1, 0.15) is 0 Å². The van der Waals surface area contributed by atoms with Gasteiger partial charge in [0, 0.05) is 13.0 Å². The summed E-state index contributed by atoms with van der Waals surface area (Å²) in [6.45, 7) is 2.96. The number of benzene rings is 2. The molecule has 0 fully saturated rings. The highest BCUT2D eigenvalue weighted by atomic mass is 127. The molecule has 4 N–H and O–H groups in total. The van der Waals surface area contributed by atoms with Gasteiger partial charge >= 0.3 is 0 Å². The molecule has 0 spiro atoms. The number of hydrogen-bond acceptors (Lipinski definition) is 2. The van der Waals surface area contributed by atoms with Crippen molar-refractivity contribution in [2.24, 2.45) is 10.7 Å². The van der Waals surface area contributed by atoms with E-state index in [1.54, 1.807) is 6.07 Å². The molecule has 0 saturated carbocycles. The zero-order chi connectivity index (χ0) is 18.1. The number of aryl methyl sites for hydroxylation is 1. The number of guanidine groups is 1. The molecule has 2 aromatic carbocycles. The van der Waals surface area contributed by atoms with Gasteiger partial charge in [-0.1, -0.05) is 48.0 Å². The fourth-order valence-corrected chi connectivity index (χ4v) is 2.53. The van der Waals surface area contributed by atoms with E-state index in [4.69, 9.17) is 17.3 Å². The van der Waals surface area contributed by atoms with Gasteiger partial charge in [-0.2, -0.15) is 0 Å². The minimum absolute atomic E-state index is 0. The van der Waals surface area contributed by atoms with E-state index in [1.807, 2.05) is 37.3 Å². The number of nitrogens with one attached hydrogen (secondary N) is 2. The summed E-state index contributed by atoms with van der Waals surface area (Å²) in [5.41, 5.74) is 8.69. The highest BCUT2D eigenvalue weighted by molar-refractivity contribution is 14.0. The lowest BCUT2D eigenvalue weighted by Gasteiger charge is -2.08. The second-order valence-corrected chi connectivity index (χ2v) is 6.12. The van der Waals surface area contributed by atoms with Crippen LogP contribution in [0.2, 0.25) is 5.02 Å². The van der Waals surface area contributed by atoms with Crippen LogP contribution in [-0.4, -0.2) is 25.0 Å². The number of carbonyl (C=O) groups is 1. The molecule has 2 aromatic rings. The molecule has 26 heavy (non-hydrogen) atoms. The first-order valence-corrected chi connectivity index (χ1v) is 8.56. The molecular weight excluding hydrogens is 463 g/mol. The molecule has 0 aliphatic heterocycles.